The van der Waals surface area contributed by atoms with Crippen molar-refractivity contribution in [3.05, 3.63) is 70.5 Å². The van der Waals surface area contributed by atoms with E-state index in [0.717, 1.165) is 16.7 Å². The summed E-state index contributed by atoms with van der Waals surface area (Å²) in [4.78, 5) is 8.68. The van der Waals surface area contributed by atoms with Gasteiger partial charge in [-0.3, -0.25) is 0 Å². The Morgan fingerprint density at radius 3 is 2.78 bits per heavy atom. The fraction of sp³-hybridized carbons (Fsp3) is 0.200. The van der Waals surface area contributed by atoms with Crippen LogP contribution < -0.4 is 10.1 Å². The zero-order valence-corrected chi connectivity index (χ0v) is 15.1. The fourth-order valence-electron chi connectivity index (χ4n) is 3.29. The van der Waals surface area contributed by atoms with Gasteiger partial charge in [0.1, 0.15) is 23.6 Å². The molecule has 7 heteroatoms. The molecular formula is C20H18ClN3O3. The predicted octanol–water partition coefficient (Wildman–Crippen LogP) is 3.92. The molecule has 27 heavy (non-hydrogen) atoms. The Labute approximate surface area is 161 Å². The van der Waals surface area contributed by atoms with E-state index in [2.05, 4.69) is 15.3 Å². The van der Waals surface area contributed by atoms with Gasteiger partial charge >= 0.3 is 0 Å². The fourth-order valence-corrected chi connectivity index (χ4v) is 3.53. The normalized spacial score (nSPS) is 14.8. The molecular weight excluding hydrogens is 366 g/mol. The van der Waals surface area contributed by atoms with Crippen molar-refractivity contribution in [3.8, 4) is 17.4 Å². The summed E-state index contributed by atoms with van der Waals surface area (Å²) in [5.41, 5.74) is 2.55. The van der Waals surface area contributed by atoms with Crippen LogP contribution in [0.3, 0.4) is 0 Å². The number of phenolic OH excluding ortho intramolecular Hbond substituents is 1. The van der Waals surface area contributed by atoms with Crippen LogP contribution in [0.15, 0.2) is 48.8 Å². The maximum absolute atomic E-state index is 9.87. The van der Waals surface area contributed by atoms with Crippen LogP contribution in [-0.2, 0) is 0 Å². The molecule has 0 fully saturated rings. The molecule has 0 amide bonds. The quantitative estimate of drug-likeness (QED) is 0.453. The van der Waals surface area contributed by atoms with E-state index in [1.54, 1.807) is 12.1 Å². The largest absolute Gasteiger partial charge is 0.508 e. The molecule has 0 spiro atoms. The molecule has 1 atom stereocenters. The van der Waals surface area contributed by atoms with Crippen molar-refractivity contribution < 1.29 is 14.9 Å². The Balaban J connectivity index is 1.90. The summed E-state index contributed by atoms with van der Waals surface area (Å²) < 4.78 is 5.95. The summed E-state index contributed by atoms with van der Waals surface area (Å²) in [6.07, 6.45) is 2.03. The average Bonchev–Trinajstić information content (AvgIpc) is 2.67. The molecule has 1 aliphatic heterocycles. The van der Waals surface area contributed by atoms with Crippen LogP contribution in [0, 0.1) is 0 Å². The summed E-state index contributed by atoms with van der Waals surface area (Å²) in [6, 6.07) is 12.6. The molecule has 3 N–H and O–H groups in total. The third kappa shape index (κ3) is 3.29. The molecule has 138 valence electrons. The van der Waals surface area contributed by atoms with Gasteiger partial charge in [-0.15, -0.1) is 0 Å². The molecule has 4 rings (SSSR count). The van der Waals surface area contributed by atoms with E-state index in [4.69, 9.17) is 21.4 Å². The third-order valence-electron chi connectivity index (χ3n) is 4.49. The molecule has 6 nitrogen and oxygen atoms in total. The third-order valence-corrected chi connectivity index (χ3v) is 4.84. The summed E-state index contributed by atoms with van der Waals surface area (Å²) in [6.45, 7) is 0.657. The number of aromatic nitrogens is 2. The number of ether oxygens (including phenoxy) is 1. The summed E-state index contributed by atoms with van der Waals surface area (Å²) in [5.74, 6) is 1.45. The number of nitrogens with one attached hydrogen (secondary N) is 1. The van der Waals surface area contributed by atoms with E-state index in [0.29, 0.717) is 35.4 Å². The number of hydrogen-bond acceptors (Lipinski definition) is 6. The molecule has 0 saturated carbocycles. The van der Waals surface area contributed by atoms with E-state index >= 15 is 0 Å². The Bertz CT molecular complexity index is 980. The molecule has 0 saturated heterocycles. The van der Waals surface area contributed by atoms with E-state index in [1.165, 1.54) is 6.33 Å². The highest BCUT2D eigenvalue weighted by Crippen LogP contribution is 2.50. The minimum Gasteiger partial charge on any atom is -0.508 e. The number of phenols is 1. The van der Waals surface area contributed by atoms with Gasteiger partial charge in [-0.2, -0.15) is 0 Å². The number of nitrogens with zero attached hydrogens (tertiary/aromatic N) is 2. The number of aliphatic hydroxyl groups is 1. The van der Waals surface area contributed by atoms with E-state index in [-0.39, 0.29) is 18.3 Å². The van der Waals surface area contributed by atoms with Crippen molar-refractivity contribution in [1.29, 1.82) is 0 Å². The zero-order valence-electron chi connectivity index (χ0n) is 14.4. The molecule has 2 heterocycles. The van der Waals surface area contributed by atoms with Crippen molar-refractivity contribution in [2.75, 3.05) is 18.5 Å². The Morgan fingerprint density at radius 2 is 1.96 bits per heavy atom. The second kappa shape index (κ2) is 7.42. The second-order valence-electron chi connectivity index (χ2n) is 6.22. The maximum Gasteiger partial charge on any atom is 0.228 e. The highest BCUT2D eigenvalue weighted by atomic mass is 35.5. The molecule has 1 aromatic heterocycles. The average molecular weight is 384 g/mol. The van der Waals surface area contributed by atoms with E-state index < -0.39 is 0 Å². The number of aromatic hydroxyl groups is 1. The number of hydrogen-bond donors (Lipinski definition) is 3. The lowest BCUT2D eigenvalue weighted by Crippen LogP contribution is -2.17. The first kappa shape index (κ1) is 17.6. The molecule has 2 aromatic carbocycles. The van der Waals surface area contributed by atoms with Crippen LogP contribution in [-0.4, -0.2) is 33.3 Å². The van der Waals surface area contributed by atoms with Crippen molar-refractivity contribution >= 4 is 17.4 Å². The highest BCUT2D eigenvalue weighted by Gasteiger charge is 2.34. The first-order valence-corrected chi connectivity index (χ1v) is 9.01. The van der Waals surface area contributed by atoms with Crippen molar-refractivity contribution in [2.24, 2.45) is 0 Å². The smallest absolute Gasteiger partial charge is 0.228 e. The molecule has 0 bridgehead atoms. The summed E-state index contributed by atoms with van der Waals surface area (Å²) in [5, 5.41) is 22.8. The standard InChI is InChI=1S/C20H18ClN3O3/c21-15-5-2-1-4-13(15)17-14-7-6-12(26)10-16(14)27-20-18(17)19(23-11-24-20)22-8-3-9-25/h1-2,4-7,10-11,17,25-26H,3,8-9H2,(H,22,23,24)/t17-/m0/s1. The van der Waals surface area contributed by atoms with Gasteiger partial charge in [0, 0.05) is 35.7 Å². The van der Waals surface area contributed by atoms with E-state index in [9.17, 15) is 5.11 Å². The first-order valence-electron chi connectivity index (χ1n) is 8.64. The van der Waals surface area contributed by atoms with Gasteiger partial charge in [0.25, 0.3) is 0 Å². The molecule has 0 radical (unpaired) electrons. The van der Waals surface area contributed by atoms with Crippen LogP contribution in [0.1, 0.15) is 29.0 Å². The van der Waals surface area contributed by atoms with Gasteiger partial charge in [-0.25, -0.2) is 9.97 Å². The van der Waals surface area contributed by atoms with Crippen molar-refractivity contribution in [1.82, 2.24) is 9.97 Å². The zero-order chi connectivity index (χ0) is 18.8. The number of aliphatic hydroxyl groups excluding tert-OH is 1. The minimum absolute atomic E-state index is 0.0901. The Morgan fingerprint density at radius 1 is 1.11 bits per heavy atom. The van der Waals surface area contributed by atoms with Crippen LogP contribution in [0.25, 0.3) is 0 Å². The van der Waals surface area contributed by atoms with Gasteiger partial charge in [-0.05, 0) is 24.1 Å². The van der Waals surface area contributed by atoms with Crippen molar-refractivity contribution in [3.63, 3.8) is 0 Å². The van der Waals surface area contributed by atoms with Gasteiger partial charge in [0.05, 0.1) is 5.56 Å². The molecule has 3 aromatic rings. The molecule has 0 unspecified atom stereocenters. The number of anilines is 1. The lowest BCUT2D eigenvalue weighted by molar-refractivity contribution is 0.292. The van der Waals surface area contributed by atoms with Gasteiger partial charge < -0.3 is 20.3 Å². The minimum atomic E-state index is -0.254. The van der Waals surface area contributed by atoms with E-state index in [1.807, 2.05) is 30.3 Å². The SMILES string of the molecule is OCCCNc1ncnc2c1[C@@H](c1ccccc1Cl)c1ccc(O)cc1O2. The van der Waals surface area contributed by atoms with Crippen LogP contribution in [0.4, 0.5) is 5.82 Å². The molecule has 1 aliphatic rings. The van der Waals surface area contributed by atoms with Crippen LogP contribution >= 0.6 is 11.6 Å². The van der Waals surface area contributed by atoms with Crippen molar-refractivity contribution in [2.45, 2.75) is 12.3 Å². The molecule has 0 aliphatic carbocycles. The van der Waals surface area contributed by atoms with Crippen LogP contribution in [0.5, 0.6) is 17.4 Å². The Hall–Kier alpha value is -2.83. The topological polar surface area (TPSA) is 87.5 Å². The van der Waals surface area contributed by atoms with Gasteiger partial charge in [0.15, 0.2) is 0 Å². The monoisotopic (exact) mass is 383 g/mol. The highest BCUT2D eigenvalue weighted by molar-refractivity contribution is 6.31. The predicted molar refractivity (Wildman–Crippen MR) is 103 cm³/mol. The second-order valence-corrected chi connectivity index (χ2v) is 6.63. The summed E-state index contributed by atoms with van der Waals surface area (Å²) in [7, 11) is 0. The summed E-state index contributed by atoms with van der Waals surface area (Å²) >= 11 is 6.52. The Kier molecular flexibility index (Phi) is 4.83. The maximum atomic E-state index is 9.87. The number of benzene rings is 2. The van der Waals surface area contributed by atoms with Gasteiger partial charge in [0.2, 0.25) is 5.88 Å². The number of fused-ring (bicyclic) bond motifs is 2. The lowest BCUT2D eigenvalue weighted by atomic mass is 9.83. The lowest BCUT2D eigenvalue weighted by Gasteiger charge is -2.29. The first-order chi connectivity index (χ1) is 13.2. The number of halogens is 1. The number of rotatable bonds is 5. The van der Waals surface area contributed by atoms with Crippen LogP contribution in [0.2, 0.25) is 5.02 Å². The van der Waals surface area contributed by atoms with Gasteiger partial charge in [-0.1, -0.05) is 35.9 Å².